The minimum Gasteiger partial charge on any atom is -0.369 e. The van der Waals surface area contributed by atoms with Gasteiger partial charge in [0, 0.05) is 51.5 Å². The highest BCUT2D eigenvalue weighted by molar-refractivity contribution is 7.17. The molecule has 0 bridgehead atoms. The summed E-state index contributed by atoms with van der Waals surface area (Å²) < 4.78 is 0. The zero-order chi connectivity index (χ0) is 21.8. The first kappa shape index (κ1) is 21.9. The predicted molar refractivity (Wildman–Crippen MR) is 119 cm³/mol. The predicted octanol–water partition coefficient (Wildman–Crippen LogP) is 2.12. The summed E-state index contributed by atoms with van der Waals surface area (Å²) in [5.41, 5.74) is 2.42. The van der Waals surface area contributed by atoms with E-state index in [9.17, 15) is 14.4 Å². The Balaban J connectivity index is 1.50. The van der Waals surface area contributed by atoms with Gasteiger partial charge in [0.1, 0.15) is 4.88 Å². The summed E-state index contributed by atoms with van der Waals surface area (Å²) in [5.74, 6) is -0.184. The number of carbonyl (C=O) groups excluding carboxylic acids is 3. The molecule has 0 radical (unpaired) electrons. The molecule has 0 aliphatic carbocycles. The van der Waals surface area contributed by atoms with E-state index in [2.05, 4.69) is 20.1 Å². The highest BCUT2D eigenvalue weighted by Crippen LogP contribution is 2.23. The number of hydrogen-bond donors (Lipinski definition) is 1. The van der Waals surface area contributed by atoms with Crippen molar-refractivity contribution in [2.24, 2.45) is 0 Å². The number of nitrogens with zero attached hydrogens (tertiary/aromatic N) is 4. The second kappa shape index (κ2) is 9.36. The van der Waals surface area contributed by atoms with Crippen molar-refractivity contribution >= 4 is 39.8 Å². The van der Waals surface area contributed by atoms with Crippen molar-refractivity contribution in [3.8, 4) is 0 Å². The maximum atomic E-state index is 12.4. The molecular formula is C21H27N5O3S. The highest BCUT2D eigenvalue weighted by Gasteiger charge is 2.21. The largest absolute Gasteiger partial charge is 0.369 e. The van der Waals surface area contributed by atoms with Crippen LogP contribution >= 0.6 is 11.3 Å². The molecule has 1 aromatic heterocycles. The Labute approximate surface area is 180 Å². The van der Waals surface area contributed by atoms with Crippen LogP contribution in [0.15, 0.2) is 24.3 Å². The molecule has 1 N–H and O–H groups in total. The molecule has 1 aliphatic heterocycles. The van der Waals surface area contributed by atoms with E-state index in [0.29, 0.717) is 21.3 Å². The standard InChI is InChI=1S/C21H27N5O3S/c1-14-19(20(29)24(3)4)30-21(22-14)23-18(28)13-25-9-11-26(12-10-25)17-7-5-16(6-8-17)15(2)27/h5-8H,9-13H2,1-4H3,(H,22,23,28). The normalized spacial score (nSPS) is 14.5. The Morgan fingerprint density at radius 3 is 2.30 bits per heavy atom. The number of anilines is 2. The maximum Gasteiger partial charge on any atom is 0.265 e. The Kier molecular flexibility index (Phi) is 6.84. The van der Waals surface area contributed by atoms with E-state index in [4.69, 9.17) is 0 Å². The van der Waals surface area contributed by atoms with Crippen molar-refractivity contribution in [3.63, 3.8) is 0 Å². The lowest BCUT2D eigenvalue weighted by Crippen LogP contribution is -2.48. The molecular weight excluding hydrogens is 402 g/mol. The van der Waals surface area contributed by atoms with Gasteiger partial charge in [-0.05, 0) is 38.1 Å². The maximum absolute atomic E-state index is 12.4. The van der Waals surface area contributed by atoms with Crippen LogP contribution in [0.5, 0.6) is 0 Å². The zero-order valence-corrected chi connectivity index (χ0v) is 18.6. The number of rotatable bonds is 6. The molecule has 8 nitrogen and oxygen atoms in total. The number of piperazine rings is 1. The number of benzene rings is 1. The van der Waals surface area contributed by atoms with Gasteiger partial charge in [0.05, 0.1) is 12.2 Å². The van der Waals surface area contributed by atoms with Gasteiger partial charge in [-0.15, -0.1) is 0 Å². The van der Waals surface area contributed by atoms with Gasteiger partial charge < -0.3 is 15.1 Å². The number of aromatic nitrogens is 1. The fourth-order valence-electron chi connectivity index (χ4n) is 3.28. The number of thiazole rings is 1. The Morgan fingerprint density at radius 2 is 1.73 bits per heavy atom. The fraction of sp³-hybridized carbons (Fsp3) is 0.429. The first-order valence-corrected chi connectivity index (χ1v) is 10.6. The van der Waals surface area contributed by atoms with Crippen molar-refractivity contribution < 1.29 is 14.4 Å². The Bertz CT molecular complexity index is 931. The second-order valence-corrected chi connectivity index (χ2v) is 8.55. The van der Waals surface area contributed by atoms with Crippen LogP contribution in [-0.4, -0.2) is 79.2 Å². The van der Waals surface area contributed by atoms with Crippen molar-refractivity contribution in [3.05, 3.63) is 40.4 Å². The molecule has 0 unspecified atom stereocenters. The molecule has 9 heteroatoms. The number of ketones is 1. The average molecular weight is 430 g/mol. The smallest absolute Gasteiger partial charge is 0.265 e. The van der Waals surface area contributed by atoms with Gasteiger partial charge in [0.2, 0.25) is 5.91 Å². The lowest BCUT2D eigenvalue weighted by molar-refractivity contribution is -0.117. The molecule has 3 rings (SSSR count). The lowest BCUT2D eigenvalue weighted by atomic mass is 10.1. The summed E-state index contributed by atoms with van der Waals surface area (Å²) in [6.07, 6.45) is 0. The van der Waals surface area contributed by atoms with Gasteiger partial charge in [-0.25, -0.2) is 4.98 Å². The summed E-state index contributed by atoms with van der Waals surface area (Å²) in [5, 5.41) is 3.27. The molecule has 160 valence electrons. The van der Waals surface area contributed by atoms with E-state index in [-0.39, 0.29) is 24.1 Å². The first-order valence-electron chi connectivity index (χ1n) is 9.82. The summed E-state index contributed by atoms with van der Waals surface area (Å²) >= 11 is 1.20. The van der Waals surface area contributed by atoms with Crippen LogP contribution in [-0.2, 0) is 4.79 Å². The fourth-order valence-corrected chi connectivity index (χ4v) is 4.29. The third-order valence-corrected chi connectivity index (χ3v) is 6.08. The van der Waals surface area contributed by atoms with E-state index in [0.717, 1.165) is 31.9 Å². The average Bonchev–Trinajstić information content (AvgIpc) is 3.07. The summed E-state index contributed by atoms with van der Waals surface area (Å²) in [6.45, 7) is 6.77. The number of hydrogen-bond acceptors (Lipinski definition) is 7. The third-order valence-electron chi connectivity index (χ3n) is 5.02. The van der Waals surface area contributed by atoms with E-state index >= 15 is 0 Å². The molecule has 1 saturated heterocycles. The zero-order valence-electron chi connectivity index (χ0n) is 17.8. The molecule has 1 aliphatic rings. The third kappa shape index (κ3) is 5.22. The number of carbonyl (C=O) groups is 3. The van der Waals surface area contributed by atoms with E-state index < -0.39 is 0 Å². The topological polar surface area (TPSA) is 85.9 Å². The lowest BCUT2D eigenvalue weighted by Gasteiger charge is -2.35. The molecule has 0 spiro atoms. The van der Waals surface area contributed by atoms with E-state index in [1.165, 1.54) is 16.2 Å². The van der Waals surface area contributed by atoms with Gasteiger partial charge in [-0.2, -0.15) is 0 Å². The Morgan fingerprint density at radius 1 is 1.10 bits per heavy atom. The van der Waals surface area contributed by atoms with Gasteiger partial charge in [0.15, 0.2) is 10.9 Å². The molecule has 1 aromatic carbocycles. The van der Waals surface area contributed by atoms with Crippen molar-refractivity contribution in [1.82, 2.24) is 14.8 Å². The number of amides is 2. The van der Waals surface area contributed by atoms with Crippen molar-refractivity contribution in [1.29, 1.82) is 0 Å². The van der Waals surface area contributed by atoms with Crippen LogP contribution in [0.25, 0.3) is 0 Å². The molecule has 0 saturated carbocycles. The SMILES string of the molecule is CC(=O)c1ccc(N2CCN(CC(=O)Nc3nc(C)c(C(=O)N(C)C)s3)CC2)cc1. The summed E-state index contributed by atoms with van der Waals surface area (Å²) in [7, 11) is 3.38. The van der Waals surface area contributed by atoms with Gasteiger partial charge in [-0.3, -0.25) is 19.3 Å². The summed E-state index contributed by atoms with van der Waals surface area (Å²) in [6, 6.07) is 7.64. The molecule has 2 aromatic rings. The van der Waals surface area contributed by atoms with Crippen LogP contribution in [0.4, 0.5) is 10.8 Å². The number of nitrogens with one attached hydrogen (secondary N) is 1. The molecule has 2 amide bonds. The highest BCUT2D eigenvalue weighted by atomic mass is 32.1. The number of Topliss-reactive ketones (excluding diaryl/α,β-unsaturated/α-hetero) is 1. The monoisotopic (exact) mass is 429 g/mol. The van der Waals surface area contributed by atoms with Crippen molar-refractivity contribution in [2.45, 2.75) is 13.8 Å². The van der Waals surface area contributed by atoms with Gasteiger partial charge in [-0.1, -0.05) is 11.3 Å². The van der Waals surface area contributed by atoms with E-state index in [1.807, 2.05) is 24.3 Å². The van der Waals surface area contributed by atoms with Crippen LogP contribution in [0.1, 0.15) is 32.6 Å². The minimum atomic E-state index is -0.133. The van der Waals surface area contributed by atoms with Gasteiger partial charge >= 0.3 is 0 Å². The molecule has 1 fully saturated rings. The second-order valence-electron chi connectivity index (χ2n) is 7.55. The quantitative estimate of drug-likeness (QED) is 0.708. The van der Waals surface area contributed by atoms with Crippen LogP contribution < -0.4 is 10.2 Å². The number of aryl methyl sites for hydroxylation is 1. The van der Waals surface area contributed by atoms with E-state index in [1.54, 1.807) is 27.9 Å². The molecule has 0 atom stereocenters. The minimum absolute atomic E-state index is 0.0611. The van der Waals surface area contributed by atoms with Gasteiger partial charge in [0.25, 0.3) is 5.91 Å². The first-order chi connectivity index (χ1) is 14.2. The van der Waals surface area contributed by atoms with Crippen LogP contribution in [0, 0.1) is 6.92 Å². The van der Waals surface area contributed by atoms with Crippen LogP contribution in [0.2, 0.25) is 0 Å². The Hall–Kier alpha value is -2.78. The van der Waals surface area contributed by atoms with Crippen LogP contribution in [0.3, 0.4) is 0 Å². The summed E-state index contributed by atoms with van der Waals surface area (Å²) in [4.78, 5) is 46.7. The molecule has 30 heavy (non-hydrogen) atoms. The molecule has 2 heterocycles. The van der Waals surface area contributed by atoms with Crippen molar-refractivity contribution in [2.75, 3.05) is 57.0 Å².